The van der Waals surface area contributed by atoms with Gasteiger partial charge in [-0.05, 0) is 24.1 Å². The van der Waals surface area contributed by atoms with Crippen LogP contribution in [0.5, 0.6) is 0 Å². The van der Waals surface area contributed by atoms with E-state index in [9.17, 15) is 0 Å². The molecule has 4 heteroatoms. The Kier molecular flexibility index (Phi) is 3.54. The molecule has 2 aromatic rings. The number of thiazole rings is 1. The standard InChI is InChI=1S/C12H15N3S/c1-9-10(3-2-4-12(9)13)5-14-6-11-7-15-8-16-11/h2-4,7-8,14H,5-6,13H2,1H3. The van der Waals surface area contributed by atoms with Gasteiger partial charge in [0.2, 0.25) is 0 Å². The largest absolute Gasteiger partial charge is 0.399 e. The predicted molar refractivity (Wildman–Crippen MR) is 68.2 cm³/mol. The average Bonchev–Trinajstić information content (AvgIpc) is 2.77. The van der Waals surface area contributed by atoms with Gasteiger partial charge in [-0.1, -0.05) is 12.1 Å². The molecule has 3 nitrogen and oxygen atoms in total. The quantitative estimate of drug-likeness (QED) is 0.797. The first-order valence-corrected chi connectivity index (χ1v) is 6.07. The van der Waals surface area contributed by atoms with Crippen molar-refractivity contribution in [1.29, 1.82) is 0 Å². The lowest BCUT2D eigenvalue weighted by Crippen LogP contribution is -2.13. The van der Waals surface area contributed by atoms with Crippen LogP contribution in [0.4, 0.5) is 5.69 Å². The number of anilines is 1. The molecule has 1 aromatic carbocycles. The van der Waals surface area contributed by atoms with Gasteiger partial charge < -0.3 is 11.1 Å². The zero-order valence-corrected chi connectivity index (χ0v) is 10.1. The van der Waals surface area contributed by atoms with Crippen LogP contribution >= 0.6 is 11.3 Å². The van der Waals surface area contributed by atoms with E-state index in [1.54, 1.807) is 11.3 Å². The Labute approximate surface area is 99.3 Å². The first-order chi connectivity index (χ1) is 7.77. The topological polar surface area (TPSA) is 50.9 Å². The van der Waals surface area contributed by atoms with Crippen molar-refractivity contribution < 1.29 is 0 Å². The minimum atomic E-state index is 0.842. The van der Waals surface area contributed by atoms with Gasteiger partial charge >= 0.3 is 0 Å². The summed E-state index contributed by atoms with van der Waals surface area (Å²) in [5.41, 5.74) is 11.0. The second-order valence-electron chi connectivity index (χ2n) is 3.70. The third kappa shape index (κ3) is 2.59. The van der Waals surface area contributed by atoms with E-state index in [-0.39, 0.29) is 0 Å². The molecule has 2 rings (SSSR count). The molecule has 0 saturated heterocycles. The third-order valence-corrected chi connectivity index (χ3v) is 3.37. The lowest BCUT2D eigenvalue weighted by molar-refractivity contribution is 0.697. The molecule has 0 radical (unpaired) electrons. The number of rotatable bonds is 4. The van der Waals surface area contributed by atoms with Crippen molar-refractivity contribution in [3.05, 3.63) is 45.9 Å². The first-order valence-electron chi connectivity index (χ1n) is 5.19. The molecule has 0 aliphatic rings. The normalized spacial score (nSPS) is 10.6. The Morgan fingerprint density at radius 1 is 1.38 bits per heavy atom. The Morgan fingerprint density at radius 2 is 2.25 bits per heavy atom. The predicted octanol–water partition coefficient (Wildman–Crippen LogP) is 2.32. The molecule has 0 unspecified atom stereocenters. The van der Waals surface area contributed by atoms with E-state index < -0.39 is 0 Å². The van der Waals surface area contributed by atoms with Crippen LogP contribution in [0.2, 0.25) is 0 Å². The Bertz CT molecular complexity index is 451. The lowest BCUT2D eigenvalue weighted by atomic mass is 10.1. The summed E-state index contributed by atoms with van der Waals surface area (Å²) in [4.78, 5) is 5.29. The molecule has 1 heterocycles. The van der Waals surface area contributed by atoms with Gasteiger partial charge in [-0.2, -0.15) is 0 Å². The van der Waals surface area contributed by atoms with Crippen molar-refractivity contribution >= 4 is 17.0 Å². The Balaban J connectivity index is 1.92. The number of nitrogens with one attached hydrogen (secondary N) is 1. The summed E-state index contributed by atoms with van der Waals surface area (Å²) in [6, 6.07) is 6.03. The maximum atomic E-state index is 5.85. The zero-order valence-electron chi connectivity index (χ0n) is 9.23. The van der Waals surface area contributed by atoms with Crippen LogP contribution in [0.15, 0.2) is 29.9 Å². The van der Waals surface area contributed by atoms with E-state index in [1.807, 2.05) is 23.8 Å². The molecule has 0 bridgehead atoms. The first kappa shape index (κ1) is 11.1. The van der Waals surface area contributed by atoms with Crippen LogP contribution in [-0.2, 0) is 13.1 Å². The molecule has 0 atom stereocenters. The molecule has 84 valence electrons. The Morgan fingerprint density at radius 3 is 3.00 bits per heavy atom. The Hall–Kier alpha value is -1.39. The molecule has 0 aliphatic heterocycles. The summed E-state index contributed by atoms with van der Waals surface area (Å²) < 4.78 is 0. The van der Waals surface area contributed by atoms with Gasteiger partial charge in [-0.25, -0.2) is 0 Å². The summed E-state index contributed by atoms with van der Waals surface area (Å²) in [5.74, 6) is 0. The second-order valence-corrected chi connectivity index (χ2v) is 4.67. The van der Waals surface area contributed by atoms with Crippen molar-refractivity contribution in [2.24, 2.45) is 0 Å². The maximum Gasteiger partial charge on any atom is 0.0794 e. The molecule has 16 heavy (non-hydrogen) atoms. The van der Waals surface area contributed by atoms with Crippen molar-refractivity contribution in [3.8, 4) is 0 Å². The van der Waals surface area contributed by atoms with Gasteiger partial charge in [-0.3, -0.25) is 4.98 Å². The molecule has 1 aromatic heterocycles. The van der Waals surface area contributed by atoms with E-state index in [0.29, 0.717) is 0 Å². The highest BCUT2D eigenvalue weighted by Crippen LogP contribution is 2.15. The number of nitrogens with two attached hydrogens (primary N) is 1. The number of hydrogen-bond acceptors (Lipinski definition) is 4. The van der Waals surface area contributed by atoms with Gasteiger partial charge in [0.05, 0.1) is 5.51 Å². The van der Waals surface area contributed by atoms with E-state index in [0.717, 1.165) is 18.8 Å². The molecule has 0 aliphatic carbocycles. The van der Waals surface area contributed by atoms with E-state index in [4.69, 9.17) is 5.73 Å². The van der Waals surface area contributed by atoms with Crippen LogP contribution in [0.25, 0.3) is 0 Å². The van der Waals surface area contributed by atoms with Gasteiger partial charge in [0, 0.05) is 29.9 Å². The fraction of sp³-hybridized carbons (Fsp3) is 0.250. The fourth-order valence-corrected chi connectivity index (χ4v) is 2.11. The highest BCUT2D eigenvalue weighted by atomic mass is 32.1. The molecule has 3 N–H and O–H groups in total. The fourth-order valence-electron chi connectivity index (χ4n) is 1.54. The smallest absolute Gasteiger partial charge is 0.0794 e. The summed E-state index contributed by atoms with van der Waals surface area (Å²) in [6.07, 6.45) is 1.89. The number of nitrogen functional groups attached to an aromatic ring is 1. The SMILES string of the molecule is Cc1c(N)cccc1CNCc1cncs1. The van der Waals surface area contributed by atoms with Gasteiger partial charge in [0.15, 0.2) is 0 Å². The van der Waals surface area contributed by atoms with E-state index in [2.05, 4.69) is 23.3 Å². The van der Waals surface area contributed by atoms with Crippen molar-refractivity contribution in [1.82, 2.24) is 10.3 Å². The highest BCUT2D eigenvalue weighted by Gasteiger charge is 2.01. The van der Waals surface area contributed by atoms with Crippen LogP contribution in [0.1, 0.15) is 16.0 Å². The molecular formula is C12H15N3S. The summed E-state index contributed by atoms with van der Waals surface area (Å²) in [5, 5.41) is 3.39. The maximum absolute atomic E-state index is 5.85. The van der Waals surface area contributed by atoms with Crippen molar-refractivity contribution in [2.75, 3.05) is 5.73 Å². The minimum absolute atomic E-state index is 0.842. The second kappa shape index (κ2) is 5.09. The monoisotopic (exact) mass is 233 g/mol. The zero-order chi connectivity index (χ0) is 11.4. The molecule has 0 spiro atoms. The average molecular weight is 233 g/mol. The molecule has 0 fully saturated rings. The number of nitrogens with zero attached hydrogens (tertiary/aromatic N) is 1. The van der Waals surface area contributed by atoms with Crippen molar-refractivity contribution in [3.63, 3.8) is 0 Å². The molecule has 0 saturated carbocycles. The van der Waals surface area contributed by atoms with E-state index in [1.165, 1.54) is 16.0 Å². The summed E-state index contributed by atoms with van der Waals surface area (Å²) in [6.45, 7) is 3.76. The van der Waals surface area contributed by atoms with Gasteiger partial charge in [-0.15, -0.1) is 11.3 Å². The van der Waals surface area contributed by atoms with Crippen LogP contribution < -0.4 is 11.1 Å². The summed E-state index contributed by atoms with van der Waals surface area (Å²) >= 11 is 1.67. The summed E-state index contributed by atoms with van der Waals surface area (Å²) in [7, 11) is 0. The highest BCUT2D eigenvalue weighted by molar-refractivity contribution is 7.09. The van der Waals surface area contributed by atoms with Crippen LogP contribution in [-0.4, -0.2) is 4.98 Å². The third-order valence-electron chi connectivity index (χ3n) is 2.59. The number of benzene rings is 1. The van der Waals surface area contributed by atoms with Gasteiger partial charge in [0.1, 0.15) is 0 Å². The number of hydrogen-bond donors (Lipinski definition) is 2. The van der Waals surface area contributed by atoms with Gasteiger partial charge in [0.25, 0.3) is 0 Å². The van der Waals surface area contributed by atoms with E-state index >= 15 is 0 Å². The minimum Gasteiger partial charge on any atom is -0.399 e. The molecular weight excluding hydrogens is 218 g/mol. The molecule has 0 amide bonds. The van der Waals surface area contributed by atoms with Crippen LogP contribution in [0.3, 0.4) is 0 Å². The van der Waals surface area contributed by atoms with Crippen LogP contribution in [0, 0.1) is 6.92 Å². The number of aromatic nitrogens is 1. The lowest BCUT2D eigenvalue weighted by Gasteiger charge is -2.08. The van der Waals surface area contributed by atoms with Crippen molar-refractivity contribution in [2.45, 2.75) is 20.0 Å².